The monoisotopic (exact) mass is 348 g/mol. The molecule has 0 saturated heterocycles. The van der Waals surface area contributed by atoms with Crippen LogP contribution in [0.2, 0.25) is 5.02 Å². The van der Waals surface area contributed by atoms with Crippen molar-refractivity contribution in [2.24, 2.45) is 5.92 Å². The lowest BCUT2D eigenvalue weighted by Crippen LogP contribution is -2.37. The molecule has 2 atom stereocenters. The summed E-state index contributed by atoms with van der Waals surface area (Å²) in [5.74, 6) is -0.682. The van der Waals surface area contributed by atoms with E-state index in [1.807, 2.05) is 38.1 Å². The van der Waals surface area contributed by atoms with E-state index in [9.17, 15) is 9.18 Å². The van der Waals surface area contributed by atoms with Gasteiger partial charge in [-0.15, -0.1) is 0 Å². The predicted octanol–water partition coefficient (Wildman–Crippen LogP) is 3.85. The van der Waals surface area contributed by atoms with E-state index in [1.165, 1.54) is 12.1 Å². The van der Waals surface area contributed by atoms with E-state index < -0.39 is 11.9 Å². The molecule has 0 saturated carbocycles. The van der Waals surface area contributed by atoms with Gasteiger partial charge in [-0.05, 0) is 37.2 Å². The highest BCUT2D eigenvalue weighted by atomic mass is 35.5. The standard InChI is InChI=1S/C19H22ClFN2O/c1-12-4-6-14(7-5-12)18(23-19(24)13(2)11-22-3)16-9-8-15(21)10-17(16)20/h4-10,13,18,22H,11H2,1-3H3,(H,23,24). The van der Waals surface area contributed by atoms with E-state index in [0.717, 1.165) is 11.1 Å². The van der Waals surface area contributed by atoms with Gasteiger partial charge >= 0.3 is 0 Å². The molecular weight excluding hydrogens is 327 g/mol. The third-order valence-electron chi connectivity index (χ3n) is 3.93. The van der Waals surface area contributed by atoms with Crippen molar-refractivity contribution in [2.75, 3.05) is 13.6 Å². The Hall–Kier alpha value is -1.91. The fraction of sp³-hybridized carbons (Fsp3) is 0.316. The first kappa shape index (κ1) is 18.4. The van der Waals surface area contributed by atoms with Gasteiger partial charge in [0.05, 0.1) is 6.04 Å². The van der Waals surface area contributed by atoms with Gasteiger partial charge in [0.1, 0.15) is 5.82 Å². The Balaban J connectivity index is 2.37. The Morgan fingerprint density at radius 1 is 1.21 bits per heavy atom. The van der Waals surface area contributed by atoms with Gasteiger partial charge in [-0.1, -0.05) is 54.4 Å². The lowest BCUT2D eigenvalue weighted by Gasteiger charge is -2.23. The van der Waals surface area contributed by atoms with Crippen molar-refractivity contribution in [3.05, 3.63) is 70.0 Å². The molecule has 3 nitrogen and oxygen atoms in total. The minimum Gasteiger partial charge on any atom is -0.345 e. The fourth-order valence-corrected chi connectivity index (χ4v) is 2.79. The molecule has 0 aliphatic rings. The number of nitrogens with one attached hydrogen (secondary N) is 2. The molecule has 5 heteroatoms. The zero-order valence-electron chi connectivity index (χ0n) is 14.1. The number of carbonyl (C=O) groups excluding carboxylic acids is 1. The van der Waals surface area contributed by atoms with Crippen molar-refractivity contribution in [2.45, 2.75) is 19.9 Å². The summed E-state index contributed by atoms with van der Waals surface area (Å²) in [4.78, 5) is 12.5. The summed E-state index contributed by atoms with van der Waals surface area (Å²) >= 11 is 6.23. The van der Waals surface area contributed by atoms with E-state index in [0.29, 0.717) is 17.1 Å². The summed E-state index contributed by atoms with van der Waals surface area (Å²) < 4.78 is 13.4. The average molecular weight is 349 g/mol. The summed E-state index contributed by atoms with van der Waals surface area (Å²) in [6, 6.07) is 11.7. The van der Waals surface area contributed by atoms with Crippen molar-refractivity contribution in [3.8, 4) is 0 Å². The van der Waals surface area contributed by atoms with Crippen molar-refractivity contribution >= 4 is 17.5 Å². The molecule has 128 valence electrons. The van der Waals surface area contributed by atoms with E-state index in [-0.39, 0.29) is 11.8 Å². The second kappa shape index (κ2) is 8.27. The molecule has 0 aromatic heterocycles. The molecule has 0 heterocycles. The third kappa shape index (κ3) is 4.56. The van der Waals surface area contributed by atoms with E-state index in [4.69, 9.17) is 11.6 Å². The summed E-state index contributed by atoms with van der Waals surface area (Å²) in [5, 5.41) is 6.31. The van der Waals surface area contributed by atoms with E-state index >= 15 is 0 Å². The highest BCUT2D eigenvalue weighted by molar-refractivity contribution is 6.31. The molecule has 0 spiro atoms. The van der Waals surface area contributed by atoms with Crippen LogP contribution in [0.15, 0.2) is 42.5 Å². The molecule has 2 unspecified atom stereocenters. The molecule has 0 fully saturated rings. The Kier molecular flexibility index (Phi) is 6.35. The van der Waals surface area contributed by atoms with Crippen LogP contribution in [0.1, 0.15) is 29.7 Å². The average Bonchev–Trinajstić information content (AvgIpc) is 2.54. The molecule has 2 rings (SSSR count). The van der Waals surface area contributed by atoms with Gasteiger partial charge < -0.3 is 10.6 Å². The van der Waals surface area contributed by atoms with Crippen molar-refractivity contribution in [3.63, 3.8) is 0 Å². The maximum atomic E-state index is 13.4. The maximum Gasteiger partial charge on any atom is 0.224 e. The molecular formula is C19H22ClFN2O. The smallest absolute Gasteiger partial charge is 0.224 e. The summed E-state index contributed by atoms with van der Waals surface area (Å²) in [6.07, 6.45) is 0. The second-order valence-electron chi connectivity index (χ2n) is 5.98. The van der Waals surface area contributed by atoms with Crippen molar-refractivity contribution in [1.29, 1.82) is 0 Å². The molecule has 24 heavy (non-hydrogen) atoms. The zero-order chi connectivity index (χ0) is 17.7. The second-order valence-corrected chi connectivity index (χ2v) is 6.38. The molecule has 0 radical (unpaired) electrons. The summed E-state index contributed by atoms with van der Waals surface area (Å²) in [7, 11) is 1.80. The van der Waals surface area contributed by atoms with Crippen LogP contribution in [0.3, 0.4) is 0 Å². The minimum atomic E-state index is -0.425. The number of benzene rings is 2. The number of hydrogen-bond acceptors (Lipinski definition) is 2. The van der Waals surface area contributed by atoms with Gasteiger partial charge in [0, 0.05) is 17.5 Å². The van der Waals surface area contributed by atoms with Crippen molar-refractivity contribution in [1.82, 2.24) is 10.6 Å². The molecule has 0 bridgehead atoms. The number of carbonyl (C=O) groups is 1. The van der Waals surface area contributed by atoms with Gasteiger partial charge in [-0.25, -0.2) is 4.39 Å². The first-order chi connectivity index (χ1) is 11.4. The molecule has 0 aliphatic heterocycles. The largest absolute Gasteiger partial charge is 0.345 e. The number of rotatable bonds is 6. The Morgan fingerprint density at radius 3 is 2.46 bits per heavy atom. The quantitative estimate of drug-likeness (QED) is 0.832. The SMILES string of the molecule is CNCC(C)C(=O)NC(c1ccc(C)cc1)c1ccc(F)cc1Cl. The van der Waals surface area contributed by atoms with Crippen molar-refractivity contribution < 1.29 is 9.18 Å². The number of aryl methyl sites for hydroxylation is 1. The van der Waals surface area contributed by atoms with Crippen LogP contribution in [0.4, 0.5) is 4.39 Å². The number of amides is 1. The molecule has 2 aromatic carbocycles. The molecule has 0 aliphatic carbocycles. The van der Waals surface area contributed by atoms with Gasteiger partial charge in [0.2, 0.25) is 5.91 Å². The lowest BCUT2D eigenvalue weighted by atomic mass is 9.96. The maximum absolute atomic E-state index is 13.4. The van der Waals surface area contributed by atoms with Gasteiger partial charge in [-0.2, -0.15) is 0 Å². The lowest BCUT2D eigenvalue weighted by molar-refractivity contribution is -0.124. The van der Waals surface area contributed by atoms with Gasteiger partial charge in [-0.3, -0.25) is 4.79 Å². The first-order valence-corrected chi connectivity index (χ1v) is 8.26. The highest BCUT2D eigenvalue weighted by Gasteiger charge is 2.22. The fourth-order valence-electron chi connectivity index (χ4n) is 2.52. The van der Waals surface area contributed by atoms with Crippen LogP contribution in [-0.2, 0) is 4.79 Å². The minimum absolute atomic E-state index is 0.0877. The Morgan fingerprint density at radius 2 is 1.88 bits per heavy atom. The molecule has 1 amide bonds. The highest BCUT2D eigenvalue weighted by Crippen LogP contribution is 2.29. The number of hydrogen-bond donors (Lipinski definition) is 2. The first-order valence-electron chi connectivity index (χ1n) is 7.89. The normalized spacial score (nSPS) is 13.4. The molecule has 2 N–H and O–H groups in total. The van der Waals surface area contributed by atoms with Crippen LogP contribution < -0.4 is 10.6 Å². The van der Waals surface area contributed by atoms with Gasteiger partial charge in [0.25, 0.3) is 0 Å². The van der Waals surface area contributed by atoms with Gasteiger partial charge in [0.15, 0.2) is 0 Å². The number of halogens is 2. The third-order valence-corrected chi connectivity index (χ3v) is 4.26. The van der Waals surface area contributed by atoms with E-state index in [1.54, 1.807) is 13.1 Å². The van der Waals surface area contributed by atoms with Crippen LogP contribution >= 0.6 is 11.6 Å². The van der Waals surface area contributed by atoms with Crippen LogP contribution in [0, 0.1) is 18.7 Å². The van der Waals surface area contributed by atoms with Crippen LogP contribution in [-0.4, -0.2) is 19.5 Å². The topological polar surface area (TPSA) is 41.1 Å². The predicted molar refractivity (Wildman–Crippen MR) is 95.7 cm³/mol. The zero-order valence-corrected chi connectivity index (χ0v) is 14.8. The Bertz CT molecular complexity index is 703. The molecule has 2 aromatic rings. The van der Waals surface area contributed by atoms with Crippen LogP contribution in [0.25, 0.3) is 0 Å². The summed E-state index contributed by atoms with van der Waals surface area (Å²) in [5.41, 5.74) is 2.70. The van der Waals surface area contributed by atoms with Crippen LogP contribution in [0.5, 0.6) is 0 Å². The van der Waals surface area contributed by atoms with E-state index in [2.05, 4.69) is 10.6 Å². The Labute approximate surface area is 147 Å². The summed E-state index contributed by atoms with van der Waals surface area (Å²) in [6.45, 7) is 4.42.